The van der Waals surface area contributed by atoms with E-state index in [1.165, 1.54) is 31.4 Å². The van der Waals surface area contributed by atoms with Crippen molar-refractivity contribution in [2.75, 3.05) is 62.2 Å². The first-order valence-corrected chi connectivity index (χ1v) is 11.8. The van der Waals surface area contributed by atoms with Crippen molar-refractivity contribution in [1.29, 1.82) is 0 Å². The highest BCUT2D eigenvalue weighted by Gasteiger charge is 2.25. The number of aromatic amines is 1. The largest absolute Gasteiger partial charge is 0.492 e. The van der Waals surface area contributed by atoms with Gasteiger partial charge in [-0.25, -0.2) is 13.5 Å². The average molecular weight is 474 g/mol. The Morgan fingerprint density at radius 2 is 1.65 bits per heavy atom. The molecule has 0 saturated carbocycles. The number of anilines is 2. The highest BCUT2D eigenvalue weighted by Crippen LogP contribution is 2.30. The van der Waals surface area contributed by atoms with Crippen molar-refractivity contribution in [2.45, 2.75) is 19.3 Å². The smallest absolute Gasteiger partial charge is 0.279 e. The number of hydrogen-bond donors (Lipinski definition) is 1. The second-order valence-corrected chi connectivity index (χ2v) is 8.89. The lowest BCUT2D eigenvalue weighted by Crippen LogP contribution is -2.47. The molecule has 34 heavy (non-hydrogen) atoms. The van der Waals surface area contributed by atoms with Crippen molar-refractivity contribution >= 4 is 22.5 Å². The zero-order valence-corrected chi connectivity index (χ0v) is 19.3. The van der Waals surface area contributed by atoms with Crippen LogP contribution in [0.3, 0.4) is 0 Å². The summed E-state index contributed by atoms with van der Waals surface area (Å²) in [4.78, 5) is 21.1. The normalized spacial score (nSPS) is 17.5. The molecule has 0 unspecified atom stereocenters. The van der Waals surface area contributed by atoms with Crippen LogP contribution < -0.4 is 20.1 Å². The van der Waals surface area contributed by atoms with Crippen LogP contribution in [0.5, 0.6) is 5.75 Å². The highest BCUT2D eigenvalue weighted by atomic mass is 19.1. The number of hydrogen-bond acceptors (Lipinski definition) is 7. The number of pyridine rings is 1. The van der Waals surface area contributed by atoms with Crippen molar-refractivity contribution in [3.05, 3.63) is 40.2 Å². The van der Waals surface area contributed by atoms with Crippen molar-refractivity contribution in [2.24, 2.45) is 7.05 Å². The van der Waals surface area contributed by atoms with E-state index in [1.54, 1.807) is 16.6 Å². The molecular formula is C23H29F2N7O2. The zero-order chi connectivity index (χ0) is 23.7. The van der Waals surface area contributed by atoms with E-state index in [0.717, 1.165) is 19.6 Å². The van der Waals surface area contributed by atoms with Crippen molar-refractivity contribution in [3.8, 4) is 5.75 Å². The SMILES string of the molecule is Cn1nnc2c(=O)[nH]c(N3CCN(c4c(F)cc(OCCN5CCCCC5)cc4F)CC3)cc21. The maximum atomic E-state index is 14.9. The van der Waals surface area contributed by atoms with Gasteiger partial charge >= 0.3 is 0 Å². The fraction of sp³-hybridized carbons (Fsp3) is 0.522. The molecule has 9 nitrogen and oxygen atoms in total. The number of benzene rings is 1. The quantitative estimate of drug-likeness (QED) is 0.587. The minimum atomic E-state index is -0.628. The Balaban J connectivity index is 1.22. The number of nitrogens with one attached hydrogen (secondary N) is 1. The molecule has 1 aromatic carbocycles. The van der Waals surface area contributed by atoms with Crippen molar-refractivity contribution in [3.63, 3.8) is 0 Å². The van der Waals surface area contributed by atoms with Gasteiger partial charge in [0.05, 0.1) is 5.52 Å². The van der Waals surface area contributed by atoms with Gasteiger partial charge in [0, 0.05) is 58.0 Å². The van der Waals surface area contributed by atoms with Gasteiger partial charge in [-0.3, -0.25) is 9.69 Å². The van der Waals surface area contributed by atoms with Crippen LogP contribution in [0.25, 0.3) is 11.0 Å². The zero-order valence-electron chi connectivity index (χ0n) is 19.3. The Morgan fingerprint density at radius 3 is 2.35 bits per heavy atom. The van der Waals surface area contributed by atoms with Crippen LogP contribution in [0.15, 0.2) is 23.0 Å². The number of nitrogens with zero attached hydrogens (tertiary/aromatic N) is 6. The third kappa shape index (κ3) is 4.56. The van der Waals surface area contributed by atoms with Gasteiger partial charge in [0.2, 0.25) is 0 Å². The molecule has 2 aromatic heterocycles. The van der Waals surface area contributed by atoms with Crippen LogP contribution in [-0.2, 0) is 7.05 Å². The summed E-state index contributed by atoms with van der Waals surface area (Å²) in [6, 6.07) is 4.35. The van der Waals surface area contributed by atoms with Gasteiger partial charge in [-0.2, -0.15) is 0 Å². The highest BCUT2D eigenvalue weighted by molar-refractivity contribution is 5.76. The van der Waals surface area contributed by atoms with E-state index in [2.05, 4.69) is 20.2 Å². The first-order chi connectivity index (χ1) is 16.5. The molecule has 2 aliphatic heterocycles. The lowest BCUT2D eigenvalue weighted by molar-refractivity contribution is 0.183. The third-order valence-corrected chi connectivity index (χ3v) is 6.65. The van der Waals surface area contributed by atoms with Gasteiger partial charge in [-0.1, -0.05) is 11.6 Å². The first kappa shape index (κ1) is 22.6. The molecule has 1 N–H and O–H groups in total. The molecule has 5 rings (SSSR count). The van der Waals surface area contributed by atoms with E-state index < -0.39 is 11.6 Å². The summed E-state index contributed by atoms with van der Waals surface area (Å²) < 4.78 is 37.0. The van der Waals surface area contributed by atoms with Gasteiger partial charge in [-0.15, -0.1) is 5.10 Å². The Bertz CT molecular complexity index is 1190. The summed E-state index contributed by atoms with van der Waals surface area (Å²) >= 11 is 0. The number of piperidine rings is 1. The van der Waals surface area contributed by atoms with Crippen LogP contribution in [-0.4, -0.2) is 77.3 Å². The summed E-state index contributed by atoms with van der Waals surface area (Å²) in [5, 5.41) is 7.76. The Morgan fingerprint density at radius 1 is 0.971 bits per heavy atom. The van der Waals surface area contributed by atoms with E-state index in [0.29, 0.717) is 44.1 Å². The second kappa shape index (κ2) is 9.57. The molecule has 2 saturated heterocycles. The standard InChI is InChI=1S/C23H29F2N7O2/c1-29-19-15-20(26-23(33)21(19)27-28-29)31-7-9-32(10-8-31)22-17(24)13-16(14-18(22)25)34-12-11-30-5-3-2-4-6-30/h13-15H,2-12H2,1H3,(H,26,33). The number of piperazine rings is 1. The van der Waals surface area contributed by atoms with Crippen molar-refractivity contribution < 1.29 is 13.5 Å². The number of halogens is 2. The molecule has 0 amide bonds. The van der Waals surface area contributed by atoms with E-state index >= 15 is 0 Å². The number of rotatable bonds is 6. The van der Waals surface area contributed by atoms with Gasteiger partial charge in [0.15, 0.2) is 17.2 Å². The third-order valence-electron chi connectivity index (χ3n) is 6.65. The summed E-state index contributed by atoms with van der Waals surface area (Å²) in [6.07, 6.45) is 3.64. The molecule has 0 aliphatic carbocycles. The van der Waals surface area contributed by atoms with Crippen LogP contribution >= 0.6 is 0 Å². The average Bonchev–Trinajstić information content (AvgIpc) is 3.21. The van der Waals surface area contributed by atoms with Gasteiger partial charge in [-0.05, 0) is 25.9 Å². The second-order valence-electron chi connectivity index (χ2n) is 8.89. The maximum absolute atomic E-state index is 14.9. The molecular weight excluding hydrogens is 444 g/mol. The van der Waals surface area contributed by atoms with Crippen LogP contribution in [0, 0.1) is 11.6 Å². The van der Waals surface area contributed by atoms with Crippen LogP contribution in [0.4, 0.5) is 20.3 Å². The Labute approximate surface area is 195 Å². The predicted octanol–water partition coefficient (Wildman–Crippen LogP) is 2.13. The molecule has 182 valence electrons. The fourth-order valence-corrected chi connectivity index (χ4v) is 4.77. The number of likely N-dealkylation sites (tertiary alicyclic amines) is 1. The number of ether oxygens (including phenoxy) is 1. The fourth-order valence-electron chi connectivity index (χ4n) is 4.77. The molecule has 2 aliphatic rings. The van der Waals surface area contributed by atoms with E-state index in [4.69, 9.17) is 4.74 Å². The number of aryl methyl sites for hydroxylation is 1. The molecule has 11 heteroatoms. The summed E-state index contributed by atoms with van der Waals surface area (Å²) in [5.74, 6) is -0.402. The minimum Gasteiger partial charge on any atom is -0.492 e. The molecule has 0 spiro atoms. The van der Waals surface area contributed by atoms with E-state index in [1.807, 2.05) is 11.0 Å². The van der Waals surface area contributed by atoms with E-state index in [9.17, 15) is 13.6 Å². The molecule has 0 bridgehead atoms. The number of aromatic nitrogens is 4. The summed E-state index contributed by atoms with van der Waals surface area (Å²) in [6.45, 7) is 5.09. The van der Waals surface area contributed by atoms with Gasteiger partial charge in [0.1, 0.15) is 23.9 Å². The van der Waals surface area contributed by atoms with Crippen molar-refractivity contribution in [1.82, 2.24) is 24.9 Å². The minimum absolute atomic E-state index is 0.0391. The number of H-pyrrole nitrogens is 1. The Hall–Kier alpha value is -3.21. The molecule has 3 aromatic rings. The van der Waals surface area contributed by atoms with Crippen LogP contribution in [0.2, 0.25) is 0 Å². The van der Waals surface area contributed by atoms with Gasteiger partial charge < -0.3 is 19.5 Å². The first-order valence-electron chi connectivity index (χ1n) is 11.8. The topological polar surface area (TPSA) is 82.5 Å². The summed E-state index contributed by atoms with van der Waals surface area (Å²) in [7, 11) is 1.73. The maximum Gasteiger partial charge on any atom is 0.279 e. The predicted molar refractivity (Wildman–Crippen MR) is 126 cm³/mol. The monoisotopic (exact) mass is 473 g/mol. The molecule has 2 fully saturated rings. The Kier molecular flexibility index (Phi) is 6.36. The molecule has 0 radical (unpaired) electrons. The van der Waals surface area contributed by atoms with E-state index in [-0.39, 0.29) is 22.5 Å². The number of fused-ring (bicyclic) bond motifs is 1. The molecule has 4 heterocycles. The van der Waals surface area contributed by atoms with Crippen LogP contribution in [0.1, 0.15) is 19.3 Å². The van der Waals surface area contributed by atoms with Gasteiger partial charge in [0.25, 0.3) is 5.56 Å². The lowest BCUT2D eigenvalue weighted by Gasteiger charge is -2.37. The summed E-state index contributed by atoms with van der Waals surface area (Å²) in [5.41, 5.74) is 0.570. The lowest BCUT2D eigenvalue weighted by atomic mass is 10.1. The molecule has 0 atom stereocenters.